The van der Waals surface area contributed by atoms with Crippen LogP contribution in [-0.2, 0) is 12.8 Å². The van der Waals surface area contributed by atoms with Gasteiger partial charge in [-0.25, -0.2) is 19.0 Å². The summed E-state index contributed by atoms with van der Waals surface area (Å²) in [5.74, 6) is 0.524. The molecule has 3 aromatic heterocycles. The lowest BCUT2D eigenvalue weighted by Gasteiger charge is -2.35. The molecule has 0 radical (unpaired) electrons. The monoisotopic (exact) mass is 448 g/mol. The zero-order valence-corrected chi connectivity index (χ0v) is 18.2. The summed E-state index contributed by atoms with van der Waals surface area (Å²) in [5, 5.41) is 7.68. The van der Waals surface area contributed by atoms with Gasteiger partial charge in [0.25, 0.3) is 5.91 Å². The third kappa shape index (κ3) is 3.07. The van der Waals surface area contributed by atoms with E-state index in [4.69, 9.17) is 0 Å². The van der Waals surface area contributed by atoms with Crippen LogP contribution in [0.1, 0.15) is 28.2 Å². The van der Waals surface area contributed by atoms with E-state index in [2.05, 4.69) is 20.0 Å². The van der Waals surface area contributed by atoms with Gasteiger partial charge in [-0.15, -0.1) is 11.3 Å². The largest absolute Gasteiger partial charge is 0.352 e. The molecule has 1 fully saturated rings. The molecule has 0 unspecified atom stereocenters. The summed E-state index contributed by atoms with van der Waals surface area (Å²) >= 11 is 1.60. The Morgan fingerprint density at radius 3 is 2.72 bits per heavy atom. The lowest BCUT2D eigenvalue weighted by atomic mass is 10.1. The Morgan fingerprint density at radius 2 is 1.88 bits per heavy atom. The minimum Gasteiger partial charge on any atom is -0.352 e. The van der Waals surface area contributed by atoms with Crippen LogP contribution in [0.5, 0.6) is 0 Å². The maximum Gasteiger partial charge on any atom is 0.274 e. The lowest BCUT2D eigenvalue weighted by molar-refractivity contribution is 0.0739. The van der Waals surface area contributed by atoms with Crippen LogP contribution in [0.3, 0.4) is 0 Å². The highest BCUT2D eigenvalue weighted by molar-refractivity contribution is 7.16. The minimum atomic E-state index is -0.332. The van der Waals surface area contributed by atoms with Crippen molar-refractivity contribution in [2.75, 3.05) is 31.1 Å². The van der Waals surface area contributed by atoms with E-state index >= 15 is 0 Å². The number of carbonyl (C=O) groups is 1. The Balaban J connectivity index is 1.25. The third-order valence-corrected chi connectivity index (χ3v) is 7.14. The second-order valence-corrected chi connectivity index (χ2v) is 9.00. The summed E-state index contributed by atoms with van der Waals surface area (Å²) in [4.78, 5) is 27.3. The van der Waals surface area contributed by atoms with Gasteiger partial charge in [-0.3, -0.25) is 4.79 Å². The van der Waals surface area contributed by atoms with Crippen molar-refractivity contribution in [1.82, 2.24) is 24.6 Å². The molecule has 0 bridgehead atoms. The number of halogens is 1. The standard InChI is InChI=1S/C23H21FN6OS/c24-17-5-1-2-6-19(17)30-18-7-3-4-15(18)20(27-30)23(31)29-11-9-28(10-12-29)21-16-8-13-32-22(16)26-14-25-21/h1-2,5-6,8,13-14H,3-4,7,9-12H2. The molecule has 4 heterocycles. The van der Waals surface area contributed by atoms with E-state index in [1.54, 1.807) is 40.5 Å². The quantitative estimate of drug-likeness (QED) is 0.480. The number of piperazine rings is 1. The molecule has 9 heteroatoms. The number of thiophene rings is 1. The van der Waals surface area contributed by atoms with Gasteiger partial charge in [0.1, 0.15) is 28.5 Å². The molecule has 162 valence electrons. The summed E-state index contributed by atoms with van der Waals surface area (Å²) in [6, 6.07) is 8.64. The normalized spacial score (nSPS) is 16.0. The SMILES string of the molecule is O=C(c1nn(-c2ccccc2F)c2c1CCC2)N1CCN(c2ncnc3sccc23)CC1. The van der Waals surface area contributed by atoms with Crippen molar-refractivity contribution < 1.29 is 9.18 Å². The predicted molar refractivity (Wildman–Crippen MR) is 121 cm³/mol. The Hall–Kier alpha value is -3.33. The first kappa shape index (κ1) is 19.4. The summed E-state index contributed by atoms with van der Waals surface area (Å²) in [6.07, 6.45) is 4.17. The fourth-order valence-corrected chi connectivity index (χ4v) is 5.46. The molecule has 1 amide bonds. The molecule has 0 atom stereocenters. The number of para-hydroxylation sites is 1. The zero-order valence-electron chi connectivity index (χ0n) is 17.4. The third-order valence-electron chi connectivity index (χ3n) is 6.32. The smallest absolute Gasteiger partial charge is 0.274 e. The van der Waals surface area contributed by atoms with Crippen LogP contribution in [-0.4, -0.2) is 56.7 Å². The average molecular weight is 449 g/mol. The van der Waals surface area contributed by atoms with Crippen molar-refractivity contribution in [2.45, 2.75) is 19.3 Å². The fraction of sp³-hybridized carbons (Fsp3) is 0.304. The number of fused-ring (bicyclic) bond motifs is 2. The first-order valence-electron chi connectivity index (χ1n) is 10.8. The summed E-state index contributed by atoms with van der Waals surface area (Å²) in [7, 11) is 0. The number of benzene rings is 1. The van der Waals surface area contributed by atoms with Gasteiger partial charge in [-0.2, -0.15) is 5.10 Å². The molecule has 6 rings (SSSR count). The molecule has 1 aliphatic carbocycles. The van der Waals surface area contributed by atoms with Crippen LogP contribution in [0.4, 0.5) is 10.2 Å². The number of anilines is 1. The summed E-state index contributed by atoms with van der Waals surface area (Å²) < 4.78 is 16.1. The molecule has 1 saturated heterocycles. The molecular weight excluding hydrogens is 427 g/mol. The van der Waals surface area contributed by atoms with Crippen molar-refractivity contribution >= 4 is 33.3 Å². The zero-order chi connectivity index (χ0) is 21.7. The van der Waals surface area contributed by atoms with Gasteiger partial charge in [0.15, 0.2) is 5.69 Å². The second-order valence-electron chi connectivity index (χ2n) is 8.11. The van der Waals surface area contributed by atoms with E-state index in [-0.39, 0.29) is 11.7 Å². The van der Waals surface area contributed by atoms with Gasteiger partial charge in [-0.1, -0.05) is 12.1 Å². The van der Waals surface area contributed by atoms with Gasteiger partial charge >= 0.3 is 0 Å². The van der Waals surface area contributed by atoms with Crippen molar-refractivity contribution in [1.29, 1.82) is 0 Å². The van der Waals surface area contributed by atoms with Gasteiger partial charge in [0.2, 0.25) is 0 Å². The highest BCUT2D eigenvalue weighted by Crippen LogP contribution is 2.31. The van der Waals surface area contributed by atoms with Crippen LogP contribution in [0.2, 0.25) is 0 Å². The summed E-state index contributed by atoms with van der Waals surface area (Å²) in [5.41, 5.74) is 2.80. The van der Waals surface area contributed by atoms with E-state index in [1.807, 2.05) is 16.3 Å². The van der Waals surface area contributed by atoms with Crippen LogP contribution in [0.25, 0.3) is 15.9 Å². The van der Waals surface area contributed by atoms with E-state index in [0.29, 0.717) is 37.6 Å². The summed E-state index contributed by atoms with van der Waals surface area (Å²) in [6.45, 7) is 2.58. The number of hydrogen-bond acceptors (Lipinski definition) is 6. The van der Waals surface area contributed by atoms with Gasteiger partial charge < -0.3 is 9.80 Å². The van der Waals surface area contributed by atoms with Crippen LogP contribution >= 0.6 is 11.3 Å². The number of aromatic nitrogens is 4. The topological polar surface area (TPSA) is 67.2 Å². The van der Waals surface area contributed by atoms with Crippen molar-refractivity contribution in [3.05, 3.63) is 64.8 Å². The van der Waals surface area contributed by atoms with Crippen molar-refractivity contribution in [2.24, 2.45) is 0 Å². The van der Waals surface area contributed by atoms with Gasteiger partial charge in [-0.05, 0) is 42.8 Å². The van der Waals surface area contributed by atoms with E-state index in [1.165, 1.54) is 6.07 Å². The molecule has 0 spiro atoms. The van der Waals surface area contributed by atoms with Gasteiger partial charge in [0, 0.05) is 37.4 Å². The Morgan fingerprint density at radius 1 is 1.03 bits per heavy atom. The number of hydrogen-bond donors (Lipinski definition) is 0. The van der Waals surface area contributed by atoms with Crippen LogP contribution in [0.15, 0.2) is 42.0 Å². The highest BCUT2D eigenvalue weighted by Gasteiger charge is 2.32. The number of carbonyl (C=O) groups excluding carboxylic acids is 1. The minimum absolute atomic E-state index is 0.0683. The molecule has 4 aromatic rings. The Bertz CT molecular complexity index is 1320. The number of amides is 1. The lowest BCUT2D eigenvalue weighted by Crippen LogP contribution is -2.49. The molecule has 1 aromatic carbocycles. The molecule has 2 aliphatic rings. The van der Waals surface area contributed by atoms with E-state index < -0.39 is 0 Å². The molecule has 0 N–H and O–H groups in total. The molecular formula is C23H21FN6OS. The average Bonchev–Trinajstić information content (AvgIpc) is 3.56. The Kier molecular flexibility index (Phi) is 4.64. The fourth-order valence-electron chi connectivity index (χ4n) is 4.73. The second kappa shape index (κ2) is 7.67. The maximum atomic E-state index is 14.4. The first-order chi connectivity index (χ1) is 15.7. The van der Waals surface area contributed by atoms with Crippen molar-refractivity contribution in [3.8, 4) is 5.69 Å². The van der Waals surface area contributed by atoms with E-state index in [9.17, 15) is 9.18 Å². The van der Waals surface area contributed by atoms with E-state index in [0.717, 1.165) is 46.6 Å². The molecule has 7 nitrogen and oxygen atoms in total. The highest BCUT2D eigenvalue weighted by atomic mass is 32.1. The Labute approximate surface area is 188 Å². The van der Waals surface area contributed by atoms with Crippen LogP contribution in [0, 0.1) is 5.82 Å². The van der Waals surface area contributed by atoms with Gasteiger partial charge in [0.05, 0.1) is 5.39 Å². The maximum absolute atomic E-state index is 14.4. The molecule has 1 aliphatic heterocycles. The van der Waals surface area contributed by atoms with Crippen LogP contribution < -0.4 is 4.90 Å². The molecule has 32 heavy (non-hydrogen) atoms. The predicted octanol–water partition coefficient (Wildman–Crippen LogP) is 3.47. The number of nitrogens with zero attached hydrogens (tertiary/aromatic N) is 6. The molecule has 0 saturated carbocycles. The van der Waals surface area contributed by atoms with Crippen molar-refractivity contribution in [3.63, 3.8) is 0 Å². The first-order valence-corrected chi connectivity index (χ1v) is 11.7. The number of rotatable bonds is 3.